The van der Waals surface area contributed by atoms with Gasteiger partial charge in [0.1, 0.15) is 12.7 Å². The highest BCUT2D eigenvalue weighted by molar-refractivity contribution is 5.95. The summed E-state index contributed by atoms with van der Waals surface area (Å²) in [5.74, 6) is -0.746. The van der Waals surface area contributed by atoms with Crippen molar-refractivity contribution in [1.29, 1.82) is 0 Å². The van der Waals surface area contributed by atoms with Gasteiger partial charge < -0.3 is 15.4 Å². The maximum atomic E-state index is 12.7. The number of primary amides is 1. The molecule has 120 valence electrons. The monoisotopic (exact) mass is 315 g/mol. The molecular weight excluding hydrogens is 298 g/mol. The third-order valence-corrected chi connectivity index (χ3v) is 3.89. The summed E-state index contributed by atoms with van der Waals surface area (Å²) in [6.07, 6.45) is 3.12. The smallest absolute Gasteiger partial charge is 0.254 e. The predicted octanol–water partition coefficient (Wildman–Crippen LogP) is -0.0163. The lowest BCUT2D eigenvalue weighted by molar-refractivity contribution is -0.150. The van der Waals surface area contributed by atoms with E-state index in [4.69, 9.17) is 10.5 Å². The van der Waals surface area contributed by atoms with Crippen LogP contribution < -0.4 is 5.73 Å². The number of aromatic nitrogens is 3. The molecule has 0 saturated carbocycles. The van der Waals surface area contributed by atoms with E-state index >= 15 is 0 Å². The number of rotatable bonds is 3. The van der Waals surface area contributed by atoms with Gasteiger partial charge in [0.15, 0.2) is 5.60 Å². The van der Waals surface area contributed by atoms with Crippen molar-refractivity contribution in [2.45, 2.75) is 12.5 Å². The first-order chi connectivity index (χ1) is 11.0. The van der Waals surface area contributed by atoms with Crippen molar-refractivity contribution < 1.29 is 14.3 Å². The van der Waals surface area contributed by atoms with E-state index in [2.05, 4.69) is 10.2 Å². The lowest BCUT2D eigenvalue weighted by atomic mass is 10.0. The Bertz CT molecular complexity index is 730. The van der Waals surface area contributed by atoms with Crippen LogP contribution in [0.25, 0.3) is 5.69 Å². The molecule has 8 heteroatoms. The number of nitrogens with two attached hydrogens (primary N) is 1. The van der Waals surface area contributed by atoms with E-state index in [-0.39, 0.29) is 19.1 Å². The van der Waals surface area contributed by atoms with Gasteiger partial charge in [-0.2, -0.15) is 0 Å². The average molecular weight is 315 g/mol. The van der Waals surface area contributed by atoms with E-state index < -0.39 is 11.5 Å². The molecule has 1 aliphatic heterocycles. The number of benzene rings is 1. The van der Waals surface area contributed by atoms with Crippen molar-refractivity contribution in [2.24, 2.45) is 5.73 Å². The predicted molar refractivity (Wildman–Crippen MR) is 80.8 cm³/mol. The van der Waals surface area contributed by atoms with Crippen LogP contribution in [0.2, 0.25) is 0 Å². The maximum Gasteiger partial charge on any atom is 0.254 e. The van der Waals surface area contributed by atoms with Crippen molar-refractivity contribution in [3.05, 3.63) is 42.5 Å². The Morgan fingerprint density at radius 1 is 1.30 bits per heavy atom. The maximum absolute atomic E-state index is 12.7. The SMILES string of the molecule is C[C@]1(C(N)=O)CN(C(=O)c2cccc(-n3cnnc3)c2)CCO1. The number of carbonyl (C=O) groups excluding carboxylic acids is 2. The van der Waals surface area contributed by atoms with Gasteiger partial charge in [-0.3, -0.25) is 14.2 Å². The molecule has 1 aromatic heterocycles. The van der Waals surface area contributed by atoms with Gasteiger partial charge >= 0.3 is 0 Å². The number of carbonyl (C=O) groups is 2. The number of hydrogen-bond donors (Lipinski definition) is 1. The average Bonchev–Trinajstić information content (AvgIpc) is 3.09. The van der Waals surface area contributed by atoms with E-state index in [9.17, 15) is 9.59 Å². The molecule has 0 unspecified atom stereocenters. The van der Waals surface area contributed by atoms with E-state index in [1.165, 1.54) is 0 Å². The van der Waals surface area contributed by atoms with E-state index in [1.54, 1.807) is 47.2 Å². The van der Waals surface area contributed by atoms with Gasteiger partial charge in [-0.15, -0.1) is 10.2 Å². The molecule has 23 heavy (non-hydrogen) atoms. The summed E-state index contributed by atoms with van der Waals surface area (Å²) in [6.45, 7) is 2.43. The van der Waals surface area contributed by atoms with E-state index in [1.807, 2.05) is 6.07 Å². The second kappa shape index (κ2) is 5.81. The Morgan fingerprint density at radius 2 is 2.04 bits per heavy atom. The van der Waals surface area contributed by atoms with Crippen LogP contribution in [-0.2, 0) is 9.53 Å². The standard InChI is InChI=1S/C15H17N5O3/c1-15(14(16)22)8-19(5-6-23-15)13(21)11-3-2-4-12(7-11)20-9-17-18-10-20/h2-4,7,9-10H,5-6,8H2,1H3,(H2,16,22)/t15-/m1/s1. The summed E-state index contributed by atoms with van der Waals surface area (Å²) in [6, 6.07) is 7.12. The Morgan fingerprint density at radius 3 is 2.74 bits per heavy atom. The zero-order valence-electron chi connectivity index (χ0n) is 12.7. The summed E-state index contributed by atoms with van der Waals surface area (Å²) in [5.41, 5.74) is 5.52. The van der Waals surface area contributed by atoms with Crippen molar-refractivity contribution >= 4 is 11.8 Å². The van der Waals surface area contributed by atoms with Crippen molar-refractivity contribution in [3.63, 3.8) is 0 Å². The van der Waals surface area contributed by atoms with Crippen molar-refractivity contribution in [2.75, 3.05) is 19.7 Å². The molecule has 1 atom stereocenters. The van der Waals surface area contributed by atoms with E-state index in [0.29, 0.717) is 12.1 Å². The Kier molecular flexibility index (Phi) is 3.83. The second-order valence-electron chi connectivity index (χ2n) is 5.59. The number of hydrogen-bond acceptors (Lipinski definition) is 5. The normalized spacial score (nSPS) is 21.2. The van der Waals surface area contributed by atoms with Crippen molar-refractivity contribution in [1.82, 2.24) is 19.7 Å². The Balaban J connectivity index is 1.83. The molecule has 8 nitrogen and oxygen atoms in total. The third-order valence-electron chi connectivity index (χ3n) is 3.89. The molecule has 2 heterocycles. The van der Waals surface area contributed by atoms with Crippen LogP contribution in [0.4, 0.5) is 0 Å². The zero-order chi connectivity index (χ0) is 16.4. The molecule has 0 bridgehead atoms. The van der Waals surface area contributed by atoms with Gasteiger partial charge in [-0.05, 0) is 25.1 Å². The molecule has 1 fully saturated rings. The van der Waals surface area contributed by atoms with Gasteiger partial charge in [0.25, 0.3) is 11.8 Å². The molecule has 1 aliphatic rings. The largest absolute Gasteiger partial charge is 0.367 e. The molecular formula is C15H17N5O3. The number of amides is 2. The fraction of sp³-hybridized carbons (Fsp3) is 0.333. The van der Waals surface area contributed by atoms with Gasteiger partial charge in [0.2, 0.25) is 0 Å². The van der Waals surface area contributed by atoms with Gasteiger partial charge in [-0.25, -0.2) is 0 Å². The first-order valence-electron chi connectivity index (χ1n) is 7.18. The summed E-state index contributed by atoms with van der Waals surface area (Å²) < 4.78 is 7.15. The molecule has 2 amide bonds. The molecule has 3 rings (SSSR count). The van der Waals surface area contributed by atoms with Crippen LogP contribution in [0, 0.1) is 0 Å². The molecule has 0 radical (unpaired) electrons. The zero-order valence-corrected chi connectivity index (χ0v) is 12.7. The van der Waals surface area contributed by atoms with Crippen LogP contribution in [0.15, 0.2) is 36.9 Å². The summed E-state index contributed by atoms with van der Waals surface area (Å²) in [7, 11) is 0. The van der Waals surface area contributed by atoms with Crippen LogP contribution >= 0.6 is 0 Å². The fourth-order valence-electron chi connectivity index (χ4n) is 2.51. The highest BCUT2D eigenvalue weighted by Gasteiger charge is 2.39. The molecule has 1 saturated heterocycles. The fourth-order valence-corrected chi connectivity index (χ4v) is 2.51. The minimum Gasteiger partial charge on any atom is -0.367 e. The molecule has 0 spiro atoms. The number of ether oxygens (including phenoxy) is 1. The van der Waals surface area contributed by atoms with E-state index in [0.717, 1.165) is 5.69 Å². The highest BCUT2D eigenvalue weighted by Crippen LogP contribution is 2.20. The molecule has 0 aliphatic carbocycles. The molecule has 2 N–H and O–H groups in total. The lowest BCUT2D eigenvalue weighted by Gasteiger charge is -2.38. The first kappa shape index (κ1) is 15.2. The molecule has 2 aromatic rings. The number of nitrogens with zero attached hydrogens (tertiary/aromatic N) is 4. The second-order valence-corrected chi connectivity index (χ2v) is 5.59. The Hall–Kier alpha value is -2.74. The first-order valence-corrected chi connectivity index (χ1v) is 7.18. The minimum absolute atomic E-state index is 0.137. The van der Waals surface area contributed by atoms with Gasteiger partial charge in [-0.1, -0.05) is 6.07 Å². The quantitative estimate of drug-likeness (QED) is 0.857. The summed E-state index contributed by atoms with van der Waals surface area (Å²) >= 11 is 0. The Labute approximate surface area is 132 Å². The van der Waals surface area contributed by atoms with Crippen molar-refractivity contribution in [3.8, 4) is 5.69 Å². The summed E-state index contributed by atoms with van der Waals surface area (Å²) in [5, 5.41) is 7.50. The van der Waals surface area contributed by atoms with Gasteiger partial charge in [0.05, 0.1) is 13.2 Å². The topological polar surface area (TPSA) is 103 Å². The van der Waals surface area contributed by atoms with Crippen LogP contribution in [0.1, 0.15) is 17.3 Å². The summed E-state index contributed by atoms with van der Waals surface area (Å²) in [4.78, 5) is 25.8. The molecule has 1 aromatic carbocycles. The van der Waals surface area contributed by atoms with Crippen LogP contribution in [0.5, 0.6) is 0 Å². The third kappa shape index (κ3) is 2.93. The van der Waals surface area contributed by atoms with Gasteiger partial charge in [0, 0.05) is 17.8 Å². The lowest BCUT2D eigenvalue weighted by Crippen LogP contribution is -2.58. The van der Waals surface area contributed by atoms with Crippen LogP contribution in [0.3, 0.4) is 0 Å². The van der Waals surface area contributed by atoms with Crippen LogP contribution in [-0.4, -0.2) is 56.8 Å². The highest BCUT2D eigenvalue weighted by atomic mass is 16.5. The minimum atomic E-state index is -1.15. The number of morpholine rings is 1.